The van der Waals surface area contributed by atoms with E-state index in [0.717, 1.165) is 50.4 Å². The van der Waals surface area contributed by atoms with Crippen LogP contribution >= 0.6 is 47.8 Å². The number of nitrogens with one attached hydrogen (secondary N) is 5. The van der Waals surface area contributed by atoms with Crippen molar-refractivity contribution in [2.45, 2.75) is 106 Å². The number of phenols is 4. The first-order valence-corrected chi connectivity index (χ1v) is 35.9. The van der Waals surface area contributed by atoms with Crippen LogP contribution in [0.3, 0.4) is 0 Å². The van der Waals surface area contributed by atoms with Gasteiger partial charge in [0.25, 0.3) is 11.8 Å². The number of carboxylic acid groups (broad SMARTS) is 1. The number of halogens is 7. The Labute approximate surface area is 685 Å². The van der Waals surface area contributed by atoms with Gasteiger partial charge in [0.2, 0.25) is 0 Å². The van der Waals surface area contributed by atoms with E-state index in [-0.39, 0.29) is 141 Å². The number of benzene rings is 4. The van der Waals surface area contributed by atoms with Gasteiger partial charge in [0, 0.05) is 183 Å². The number of aromatic amines is 3. The first-order valence-electron chi connectivity index (χ1n) is 33.5. The van der Waals surface area contributed by atoms with Crippen LogP contribution in [0.1, 0.15) is 130 Å². The second-order valence-electron chi connectivity index (χ2n) is 28.3. The van der Waals surface area contributed by atoms with Crippen LogP contribution in [0, 0.1) is 46.9 Å². The van der Waals surface area contributed by atoms with Crippen LogP contribution in [0.2, 0.25) is 0 Å². The molecule has 0 atom stereocenters. The maximum absolute atomic E-state index is 14.2. The van der Waals surface area contributed by atoms with Crippen molar-refractivity contribution in [3.05, 3.63) is 167 Å². The molecule has 7 heterocycles. The van der Waals surface area contributed by atoms with Gasteiger partial charge in [-0.05, 0) is 147 Å². The Morgan fingerprint density at radius 3 is 1.18 bits per heavy atom. The van der Waals surface area contributed by atoms with Crippen LogP contribution in [0.25, 0.3) is 0 Å². The third kappa shape index (κ3) is 32.2. The Kier molecular flexibility index (Phi) is 38.4. The number of carbonyl (C=O) groups excluding carboxylic acids is 6. The number of H-pyrrole nitrogens is 3. The van der Waals surface area contributed by atoms with Crippen LogP contribution in [0.4, 0.5) is 31.9 Å². The summed E-state index contributed by atoms with van der Waals surface area (Å²) in [6.07, 6.45) is -0.502. The molecule has 4 aliphatic rings. The minimum Gasteiger partial charge on any atom is -1.00 e. The van der Waals surface area contributed by atoms with Crippen LogP contribution in [-0.4, -0.2) is 227 Å². The summed E-state index contributed by atoms with van der Waals surface area (Å²) in [7, 11) is 0. The minimum atomic E-state index is -1.03. The fourth-order valence-corrected chi connectivity index (χ4v) is 11.0. The number of aromatic hydroxyl groups is 4. The molecule has 38 heteroatoms. The van der Waals surface area contributed by atoms with E-state index in [4.69, 9.17) is 35.3 Å². The molecule has 595 valence electrons. The number of nitrogens with zero attached hydrogens (tertiary/aromatic N) is 8. The smallest absolute Gasteiger partial charge is 1.00 e. The van der Waals surface area contributed by atoms with Gasteiger partial charge in [0.05, 0.1) is 5.56 Å². The van der Waals surface area contributed by atoms with Crippen molar-refractivity contribution in [1.82, 2.24) is 65.7 Å². The fraction of sp³-hybridized carbons (Fsp3) is 0.444. The summed E-state index contributed by atoms with van der Waals surface area (Å²) < 4.78 is 71.8. The van der Waals surface area contributed by atoms with Crippen molar-refractivity contribution >= 4 is 98.6 Å². The third-order valence-electron chi connectivity index (χ3n) is 15.5. The van der Waals surface area contributed by atoms with E-state index in [2.05, 4.69) is 89.0 Å². The number of nitrogens with two attached hydrogens (primary N) is 1. The van der Waals surface area contributed by atoms with E-state index in [1.54, 1.807) is 58.6 Å². The summed E-state index contributed by atoms with van der Waals surface area (Å²) in [5, 5.41) is 70.3. The van der Waals surface area contributed by atoms with Gasteiger partial charge in [-0.1, -0.05) is 25.6 Å². The topological polar surface area (TPSA) is 401 Å². The Hall–Kier alpha value is -8.30. The van der Waals surface area contributed by atoms with Crippen molar-refractivity contribution in [1.29, 1.82) is 0 Å². The summed E-state index contributed by atoms with van der Waals surface area (Å²) in [5.74, 6) is -3.27. The van der Waals surface area contributed by atoms with Crippen LogP contribution < -0.4 is 45.9 Å². The molecule has 4 saturated heterocycles. The number of phenolic OH excluding ortho intramolecular Hbond substituents is 4. The van der Waals surface area contributed by atoms with E-state index in [0.29, 0.717) is 108 Å². The number of ether oxygens (including phenoxy) is 3. The minimum absolute atomic E-state index is 0. The standard InChI is InChI=1S/C20H24BrFN4O4.C16H23FN2O3.C15H16BrFN4O2.C9H18N2O2.C7H5FO2.C4H3BrN2O2.CH4.B.Na.H/c1-20(2,3)30-19(29)26-9-12(10-26)8-25(18(28)16-7-17(21)24-23-16)11-13-4-5-14(27)6-15(13)22;1-16(2,3)22-15(21)19-9-11(10-19)7-18-8-12-4-5-13(20)6-14(12)17;16-14-4-13(19-20-14)15(23)21(7-9-5-18-6-9)8-10-1-2-11(22)3-12(10)17;1-9(2,3)13-8(12)11-5-7(4-10)6-11;8-7-3-6(10)2-1-5(7)4-9;5-3-1-2(4(8)9)6-7-3;;;;/h4-7,12,27H,8-11H2,1-3H3,(H,23,24);4-6,11,18,20H,7-10H2,1-3H3;1-4,9,18,22H,5-8H2,(H,19,20);7H,4-6,10H2,1-3H3;1-4,10H;1H,(H,6,7)(H,8,9);1H4;;;/q;;;;;;;;+1;-1. The number of aromatic carboxylic acids is 1. The molecule has 4 aromatic carbocycles. The predicted octanol–water partition coefficient (Wildman–Crippen LogP) is 8.29. The first-order chi connectivity index (χ1) is 50.1. The number of carboxylic acids is 1. The molecule has 5 amide bonds. The van der Waals surface area contributed by atoms with E-state index in [9.17, 15) is 61.3 Å². The Balaban J connectivity index is 0.000000469. The molecular formula is C72H94BBr3F4N14NaO15. The SMILES string of the molecule is C.CC(C)(C)OC(=O)N1CC(CN(Cc2ccc(O)cc2F)C(=O)c2cc(Br)[nH]n2)C1.CC(C)(C)OC(=O)N1CC(CN)C1.CC(C)(C)OC(=O)N1CC(CNCc2ccc(O)cc2F)C1.O=C(O)c1cc(Br)[nH]n1.O=C(c1cc(Br)[nH]n1)N(Cc1ccc(O)cc1F)CC1CNC1.O=Cc1ccc(O)cc1F.[B].[H-].[Na+]. The van der Waals surface area contributed by atoms with Crippen molar-refractivity contribution in [2.24, 2.45) is 29.4 Å². The molecule has 7 aromatic rings. The molecule has 4 aliphatic heterocycles. The number of hydrogen-bond acceptors (Lipinski definition) is 20. The molecule has 12 N–H and O–H groups in total. The normalized spacial score (nSPS) is 13.8. The third-order valence-corrected chi connectivity index (χ3v) is 16.8. The molecule has 0 saturated carbocycles. The van der Waals surface area contributed by atoms with Crippen molar-refractivity contribution in [3.63, 3.8) is 0 Å². The molecule has 0 spiro atoms. The summed E-state index contributed by atoms with van der Waals surface area (Å²) in [6, 6.07) is 19.8. The van der Waals surface area contributed by atoms with Crippen molar-refractivity contribution in [3.8, 4) is 23.0 Å². The van der Waals surface area contributed by atoms with Gasteiger partial charge in [-0.25, -0.2) is 36.7 Å². The molecule has 110 heavy (non-hydrogen) atoms. The number of carbonyl (C=O) groups is 7. The number of aromatic nitrogens is 6. The van der Waals surface area contributed by atoms with Gasteiger partial charge in [-0.2, -0.15) is 15.3 Å². The summed E-state index contributed by atoms with van der Waals surface area (Å²) in [5.41, 5.74) is 5.60. The Bertz CT molecular complexity index is 4170. The molecule has 0 aliphatic carbocycles. The second kappa shape index (κ2) is 44.1. The first kappa shape index (κ1) is 95.9. The van der Waals surface area contributed by atoms with Gasteiger partial charge in [-0.15, -0.1) is 0 Å². The number of hydrogen-bond donors (Lipinski definition) is 11. The van der Waals surface area contributed by atoms with E-state index < -0.39 is 52.1 Å². The van der Waals surface area contributed by atoms with Crippen LogP contribution in [0.15, 0.2) is 105 Å². The monoisotopic (exact) mass is 1740 g/mol. The van der Waals surface area contributed by atoms with E-state index in [1.165, 1.54) is 53.4 Å². The molecular weight excluding hydrogens is 1650 g/mol. The predicted molar refractivity (Wildman–Crippen MR) is 408 cm³/mol. The molecule has 0 unspecified atom stereocenters. The van der Waals surface area contributed by atoms with E-state index >= 15 is 0 Å². The molecule has 3 radical (unpaired) electrons. The molecule has 29 nitrogen and oxygen atoms in total. The number of amides is 5. The van der Waals surface area contributed by atoms with Gasteiger partial charge in [0.1, 0.15) is 76.9 Å². The van der Waals surface area contributed by atoms with Crippen molar-refractivity contribution in [2.75, 3.05) is 78.5 Å². The fourth-order valence-electron chi connectivity index (χ4n) is 10.1. The average molecular weight is 1750 g/mol. The maximum atomic E-state index is 14.2. The molecule has 0 bridgehead atoms. The summed E-state index contributed by atoms with van der Waals surface area (Å²) >= 11 is 9.47. The molecule has 3 aromatic heterocycles. The zero-order chi connectivity index (χ0) is 79.3. The maximum Gasteiger partial charge on any atom is 1.00 e. The molecule has 11 rings (SSSR count). The quantitative estimate of drug-likeness (QED) is 0.0177. The number of likely N-dealkylation sites (tertiary alicyclic amines) is 3. The van der Waals surface area contributed by atoms with Crippen LogP contribution in [-0.2, 0) is 33.8 Å². The summed E-state index contributed by atoms with van der Waals surface area (Å²) in [6.45, 7) is 24.6. The number of aldehydes is 1. The van der Waals surface area contributed by atoms with E-state index in [1.807, 2.05) is 41.5 Å². The zero-order valence-electron chi connectivity index (χ0n) is 62.9. The van der Waals surface area contributed by atoms with Gasteiger partial charge < -0.3 is 82.0 Å². The van der Waals surface area contributed by atoms with Crippen LogP contribution in [0.5, 0.6) is 23.0 Å². The van der Waals surface area contributed by atoms with Gasteiger partial charge in [0.15, 0.2) is 23.4 Å². The zero-order valence-corrected chi connectivity index (χ0v) is 68.6. The van der Waals surface area contributed by atoms with Gasteiger partial charge >= 0.3 is 53.8 Å². The average Bonchev–Trinajstić information content (AvgIpc) is 1.11. The largest absolute Gasteiger partial charge is 1.00 e. The van der Waals surface area contributed by atoms with Crippen molar-refractivity contribution < 1.29 is 122 Å². The summed E-state index contributed by atoms with van der Waals surface area (Å²) in [4.78, 5) is 89.0. The Morgan fingerprint density at radius 1 is 0.545 bits per heavy atom. The second-order valence-corrected chi connectivity index (χ2v) is 30.8. The molecule has 4 fully saturated rings. The number of rotatable bonds is 17. The van der Waals surface area contributed by atoms with Gasteiger partial charge in [-0.3, -0.25) is 29.7 Å². The Morgan fingerprint density at radius 2 is 0.882 bits per heavy atom.